The summed E-state index contributed by atoms with van der Waals surface area (Å²) in [5.74, 6) is 0.784. The lowest BCUT2D eigenvalue weighted by Gasteiger charge is -2.20. The fourth-order valence-corrected chi connectivity index (χ4v) is 3.81. The van der Waals surface area contributed by atoms with Gasteiger partial charge in [-0.2, -0.15) is 0 Å². The van der Waals surface area contributed by atoms with Gasteiger partial charge < -0.3 is 10.1 Å². The molecule has 25 heavy (non-hydrogen) atoms. The lowest BCUT2D eigenvalue weighted by Crippen LogP contribution is -2.22. The minimum Gasteiger partial charge on any atom is -0.494 e. The molecule has 6 nitrogen and oxygen atoms in total. The Labute approximate surface area is 153 Å². The fraction of sp³-hybridized carbons (Fsp3) is 0.353. The molecule has 0 radical (unpaired) electrons. The van der Waals surface area contributed by atoms with Crippen molar-refractivity contribution in [2.45, 2.75) is 25.0 Å². The van der Waals surface area contributed by atoms with Crippen LogP contribution in [0.4, 0.5) is 17.2 Å². The van der Waals surface area contributed by atoms with Crippen molar-refractivity contribution < 1.29 is 8.95 Å². The number of rotatable bonds is 6. The zero-order valence-electron chi connectivity index (χ0n) is 14.3. The molecule has 0 aliphatic heterocycles. The Morgan fingerprint density at radius 3 is 2.64 bits per heavy atom. The molecule has 134 valence electrons. The number of aromatic nitrogens is 1. The van der Waals surface area contributed by atoms with Crippen molar-refractivity contribution in [3.05, 3.63) is 45.2 Å². The van der Waals surface area contributed by atoms with Crippen molar-refractivity contribution in [2.75, 3.05) is 17.1 Å². The first-order valence-corrected chi connectivity index (χ1v) is 9.48. The number of hydrogen-bond donors (Lipinski definition) is 2. The zero-order chi connectivity index (χ0) is 18.1. The van der Waals surface area contributed by atoms with Gasteiger partial charge in [-0.05, 0) is 37.5 Å². The molecule has 1 heterocycles. The number of benzene rings is 1. The van der Waals surface area contributed by atoms with Gasteiger partial charge in [0.15, 0.2) is 5.75 Å². The Bertz CT molecular complexity index is 893. The second kappa shape index (κ2) is 7.09. The van der Waals surface area contributed by atoms with E-state index >= 15 is 0 Å². The van der Waals surface area contributed by atoms with Crippen molar-refractivity contribution in [3.63, 3.8) is 0 Å². The first-order chi connectivity index (χ1) is 11.9. The van der Waals surface area contributed by atoms with Gasteiger partial charge in [0.1, 0.15) is 22.5 Å². The molecule has 0 spiro atoms. The van der Waals surface area contributed by atoms with Crippen LogP contribution in [0.5, 0.6) is 5.75 Å². The highest BCUT2D eigenvalue weighted by molar-refractivity contribution is 7.87. The molecule has 1 fully saturated rings. The number of ether oxygens (including phenoxy) is 1. The second-order valence-corrected chi connectivity index (χ2v) is 7.91. The average molecular weight is 382 g/mol. The van der Waals surface area contributed by atoms with Crippen LogP contribution in [0, 0.1) is 6.92 Å². The van der Waals surface area contributed by atoms with E-state index in [-0.39, 0.29) is 10.8 Å². The molecule has 0 bridgehead atoms. The van der Waals surface area contributed by atoms with E-state index in [4.69, 9.17) is 16.3 Å². The zero-order valence-corrected chi connectivity index (χ0v) is 15.8. The van der Waals surface area contributed by atoms with E-state index in [1.807, 2.05) is 25.1 Å². The largest absolute Gasteiger partial charge is 0.494 e. The molecular formula is C17H20ClN3O3S. The van der Waals surface area contributed by atoms with Gasteiger partial charge in [-0.25, -0.2) is 4.21 Å². The Morgan fingerprint density at radius 1 is 1.32 bits per heavy atom. The molecule has 2 N–H and O–H groups in total. The molecule has 1 aromatic carbocycles. The monoisotopic (exact) mass is 381 g/mol. The number of aryl methyl sites for hydroxylation is 1. The van der Waals surface area contributed by atoms with Crippen LogP contribution in [0.3, 0.4) is 0 Å². The predicted octanol–water partition coefficient (Wildman–Crippen LogP) is 3.34. The summed E-state index contributed by atoms with van der Waals surface area (Å²) in [7, 11) is 1.88. The van der Waals surface area contributed by atoms with E-state index < -0.39 is 11.0 Å². The third-order valence-electron chi connectivity index (χ3n) is 4.03. The standard InChI is InChI=1S/C17H20ClN3O3S/c1-10-4-7-13(12(18)8-10)19-17-16(20-25(23)11-5-6-11)14(24-3)9-15(22)21(17)2/h4,7-9,11,19-20H,5-6H2,1-3H3. The molecule has 1 aliphatic carbocycles. The summed E-state index contributed by atoms with van der Waals surface area (Å²) in [6.07, 6.45) is 1.86. The van der Waals surface area contributed by atoms with Crippen LogP contribution in [0.15, 0.2) is 29.1 Å². The van der Waals surface area contributed by atoms with Crippen LogP contribution in [0.25, 0.3) is 0 Å². The van der Waals surface area contributed by atoms with Crippen molar-refractivity contribution in [1.29, 1.82) is 0 Å². The molecule has 1 atom stereocenters. The fourth-order valence-electron chi connectivity index (χ4n) is 2.40. The molecule has 3 rings (SSSR count). The van der Waals surface area contributed by atoms with Crippen LogP contribution in [-0.2, 0) is 18.0 Å². The molecule has 1 aliphatic rings. The van der Waals surface area contributed by atoms with Crippen molar-refractivity contribution in [3.8, 4) is 5.75 Å². The first-order valence-electron chi connectivity index (χ1n) is 7.89. The van der Waals surface area contributed by atoms with Crippen molar-refractivity contribution in [1.82, 2.24) is 4.57 Å². The average Bonchev–Trinajstić information content (AvgIpc) is 3.41. The van der Waals surface area contributed by atoms with Crippen LogP contribution in [0.1, 0.15) is 18.4 Å². The molecule has 1 saturated carbocycles. The highest BCUT2D eigenvalue weighted by atomic mass is 35.5. The van der Waals surface area contributed by atoms with E-state index in [1.54, 1.807) is 7.05 Å². The van der Waals surface area contributed by atoms with Crippen molar-refractivity contribution >= 4 is 39.8 Å². The van der Waals surface area contributed by atoms with Crippen LogP contribution >= 0.6 is 11.6 Å². The molecule has 8 heteroatoms. The summed E-state index contributed by atoms with van der Waals surface area (Å²) in [5.41, 5.74) is 1.91. The van der Waals surface area contributed by atoms with Gasteiger partial charge in [0.25, 0.3) is 5.56 Å². The number of anilines is 3. The smallest absolute Gasteiger partial charge is 0.255 e. The minimum absolute atomic E-state index is 0.137. The number of hydrogen-bond acceptors (Lipinski definition) is 4. The number of pyridine rings is 1. The lowest BCUT2D eigenvalue weighted by atomic mass is 10.2. The Balaban J connectivity index is 2.07. The quantitative estimate of drug-likeness (QED) is 0.805. The molecule has 1 aromatic heterocycles. The van der Waals surface area contributed by atoms with Crippen LogP contribution in [0.2, 0.25) is 5.02 Å². The van der Waals surface area contributed by atoms with Gasteiger partial charge in [-0.15, -0.1) is 0 Å². The highest BCUT2D eigenvalue weighted by Crippen LogP contribution is 2.37. The molecule has 1 unspecified atom stereocenters. The predicted molar refractivity (Wildman–Crippen MR) is 102 cm³/mol. The number of nitrogens with zero attached hydrogens (tertiary/aromatic N) is 1. The normalized spacial score (nSPS) is 14.9. The third kappa shape index (κ3) is 3.82. The van der Waals surface area contributed by atoms with Gasteiger partial charge in [-0.3, -0.25) is 14.1 Å². The maximum Gasteiger partial charge on any atom is 0.255 e. The maximum atomic E-state index is 12.4. The Morgan fingerprint density at radius 2 is 2.04 bits per heavy atom. The minimum atomic E-state index is -1.23. The SMILES string of the molecule is COc1cc(=O)n(C)c(Nc2ccc(C)cc2Cl)c1NS(=O)C1CC1. The van der Waals surface area contributed by atoms with Gasteiger partial charge in [0, 0.05) is 13.1 Å². The van der Waals surface area contributed by atoms with Gasteiger partial charge in [0.05, 0.1) is 23.1 Å². The topological polar surface area (TPSA) is 72.4 Å². The Hall–Kier alpha value is -1.99. The first kappa shape index (κ1) is 17.8. The number of nitrogens with one attached hydrogen (secondary N) is 2. The molecular weight excluding hydrogens is 362 g/mol. The van der Waals surface area contributed by atoms with E-state index in [2.05, 4.69) is 10.0 Å². The molecule has 2 aromatic rings. The van der Waals surface area contributed by atoms with Crippen molar-refractivity contribution in [2.24, 2.45) is 7.05 Å². The molecule has 0 amide bonds. The van der Waals surface area contributed by atoms with E-state index in [0.717, 1.165) is 18.4 Å². The van der Waals surface area contributed by atoms with E-state index in [0.29, 0.717) is 28.0 Å². The van der Waals surface area contributed by atoms with Crippen LogP contribution in [-0.4, -0.2) is 21.1 Å². The maximum absolute atomic E-state index is 12.4. The summed E-state index contributed by atoms with van der Waals surface area (Å²) in [6.45, 7) is 1.95. The summed E-state index contributed by atoms with van der Waals surface area (Å²) in [5, 5.41) is 3.84. The summed E-state index contributed by atoms with van der Waals surface area (Å²) in [4.78, 5) is 12.2. The summed E-state index contributed by atoms with van der Waals surface area (Å²) >= 11 is 6.30. The van der Waals surface area contributed by atoms with Gasteiger partial charge in [-0.1, -0.05) is 17.7 Å². The van der Waals surface area contributed by atoms with Gasteiger partial charge >= 0.3 is 0 Å². The van der Waals surface area contributed by atoms with Gasteiger partial charge in [0.2, 0.25) is 0 Å². The highest BCUT2D eigenvalue weighted by Gasteiger charge is 2.30. The van der Waals surface area contributed by atoms with E-state index in [1.165, 1.54) is 17.7 Å². The summed E-state index contributed by atoms with van der Waals surface area (Å²) < 4.78 is 22.1. The summed E-state index contributed by atoms with van der Waals surface area (Å²) in [6, 6.07) is 6.96. The second-order valence-electron chi connectivity index (χ2n) is 6.04. The van der Waals surface area contributed by atoms with E-state index in [9.17, 15) is 9.00 Å². The Kier molecular flexibility index (Phi) is 5.06. The third-order valence-corrected chi connectivity index (χ3v) is 5.83. The molecule has 0 saturated heterocycles. The number of halogens is 1. The van der Waals surface area contributed by atoms with Crippen LogP contribution < -0.4 is 20.3 Å². The number of methoxy groups -OCH3 is 1. The lowest BCUT2D eigenvalue weighted by molar-refractivity contribution is 0.415.